The van der Waals surface area contributed by atoms with Gasteiger partial charge in [0.05, 0.1) is 15.6 Å². The van der Waals surface area contributed by atoms with E-state index in [-0.39, 0.29) is 5.15 Å². The van der Waals surface area contributed by atoms with E-state index in [0.717, 1.165) is 0 Å². The van der Waals surface area contributed by atoms with Crippen molar-refractivity contribution in [2.45, 2.75) is 6.18 Å². The van der Waals surface area contributed by atoms with E-state index in [1.165, 1.54) is 0 Å². The van der Waals surface area contributed by atoms with E-state index >= 15 is 0 Å². The van der Waals surface area contributed by atoms with Crippen LogP contribution in [0.4, 0.5) is 13.2 Å². The molecule has 0 aliphatic carbocycles. The molecule has 72 valence electrons. The van der Waals surface area contributed by atoms with E-state index in [1.54, 1.807) is 0 Å². The van der Waals surface area contributed by atoms with Gasteiger partial charge < -0.3 is 0 Å². The minimum Gasteiger partial charge on any atom is -0.242 e. The molecule has 0 atom stereocenters. The monoisotopic (exact) mass is 249 g/mol. The summed E-state index contributed by atoms with van der Waals surface area (Å²) in [5.41, 5.74) is -1.09. The van der Waals surface area contributed by atoms with Crippen LogP contribution in [0.2, 0.25) is 15.2 Å². The van der Waals surface area contributed by atoms with Crippen molar-refractivity contribution in [2.75, 3.05) is 0 Å². The summed E-state index contributed by atoms with van der Waals surface area (Å²) in [6, 6.07) is 0. The lowest BCUT2D eigenvalue weighted by Gasteiger charge is -2.09. The van der Waals surface area contributed by atoms with Gasteiger partial charge in [0.15, 0.2) is 0 Å². The third kappa shape index (κ3) is 2.18. The quantitative estimate of drug-likeness (QED) is 0.633. The molecule has 0 unspecified atom stereocenters. The standard InChI is InChI=1S/C6HCl3F3N/c7-3-2(6(10,11)12)1-13-5(9)4(3)8/h1H. The Hall–Kier alpha value is -0.190. The fourth-order valence-electron chi connectivity index (χ4n) is 0.641. The van der Waals surface area contributed by atoms with Crippen LogP contribution in [0.5, 0.6) is 0 Å². The molecular weight excluding hydrogens is 249 g/mol. The van der Waals surface area contributed by atoms with E-state index in [9.17, 15) is 13.2 Å². The maximum Gasteiger partial charge on any atom is 0.419 e. The second-order valence-electron chi connectivity index (χ2n) is 2.09. The first-order chi connectivity index (χ1) is 5.84. The van der Waals surface area contributed by atoms with E-state index < -0.39 is 21.8 Å². The number of rotatable bonds is 0. The molecule has 0 saturated carbocycles. The molecule has 0 amide bonds. The molecule has 7 heteroatoms. The highest BCUT2D eigenvalue weighted by atomic mass is 35.5. The first-order valence-corrected chi connectivity index (χ1v) is 4.04. The molecule has 0 fully saturated rings. The number of nitrogens with zero attached hydrogens (tertiary/aromatic N) is 1. The molecule has 1 aromatic heterocycles. The third-order valence-electron chi connectivity index (χ3n) is 1.22. The summed E-state index contributed by atoms with van der Waals surface area (Å²) in [4.78, 5) is 3.23. The number of aromatic nitrogens is 1. The zero-order chi connectivity index (χ0) is 10.2. The molecule has 1 rings (SSSR count). The molecule has 0 N–H and O–H groups in total. The fraction of sp³-hybridized carbons (Fsp3) is 0.167. The lowest BCUT2D eigenvalue weighted by atomic mass is 10.3. The molecular formula is C6HCl3F3N. The van der Waals surface area contributed by atoms with Crippen LogP contribution in [0.3, 0.4) is 0 Å². The van der Waals surface area contributed by atoms with Gasteiger partial charge in [-0.3, -0.25) is 0 Å². The molecule has 0 aliphatic heterocycles. The summed E-state index contributed by atoms with van der Waals surface area (Å²) < 4.78 is 36.4. The normalized spacial score (nSPS) is 11.8. The summed E-state index contributed by atoms with van der Waals surface area (Å²) in [6.07, 6.45) is -4.03. The Morgan fingerprint density at radius 1 is 1.08 bits per heavy atom. The minimum absolute atomic E-state index is 0.250. The number of pyridine rings is 1. The largest absolute Gasteiger partial charge is 0.419 e. The van der Waals surface area contributed by atoms with Crippen molar-refractivity contribution in [3.05, 3.63) is 27.0 Å². The minimum atomic E-state index is -4.57. The average Bonchev–Trinajstić information content (AvgIpc) is 1.98. The molecule has 0 bridgehead atoms. The van der Waals surface area contributed by atoms with Crippen molar-refractivity contribution in [3.8, 4) is 0 Å². The number of halogens is 6. The number of hydrogen-bond donors (Lipinski definition) is 0. The van der Waals surface area contributed by atoms with Crippen LogP contribution in [0.25, 0.3) is 0 Å². The van der Waals surface area contributed by atoms with Gasteiger partial charge in [-0.05, 0) is 0 Å². The molecule has 13 heavy (non-hydrogen) atoms. The van der Waals surface area contributed by atoms with Crippen molar-refractivity contribution >= 4 is 34.8 Å². The van der Waals surface area contributed by atoms with Gasteiger partial charge in [0.25, 0.3) is 0 Å². The van der Waals surface area contributed by atoms with Crippen LogP contribution < -0.4 is 0 Å². The fourth-order valence-corrected chi connectivity index (χ4v) is 1.23. The zero-order valence-corrected chi connectivity index (χ0v) is 8.06. The van der Waals surface area contributed by atoms with Gasteiger partial charge in [-0.1, -0.05) is 34.8 Å². The van der Waals surface area contributed by atoms with E-state index in [0.29, 0.717) is 6.20 Å². The summed E-state index contributed by atoms with van der Waals surface area (Å²) in [5, 5.41) is -1.27. The van der Waals surface area contributed by atoms with Gasteiger partial charge in [-0.15, -0.1) is 0 Å². The highest BCUT2D eigenvalue weighted by molar-refractivity contribution is 6.47. The summed E-state index contributed by atoms with van der Waals surface area (Å²) in [5.74, 6) is 0. The van der Waals surface area contributed by atoms with Crippen LogP contribution in [0.15, 0.2) is 6.20 Å². The number of hydrogen-bond acceptors (Lipinski definition) is 1. The van der Waals surface area contributed by atoms with Gasteiger partial charge in [0.1, 0.15) is 5.15 Å². The Bertz CT molecular complexity index is 337. The lowest BCUT2D eigenvalue weighted by molar-refractivity contribution is -0.137. The first kappa shape index (κ1) is 10.9. The Kier molecular flexibility index (Phi) is 2.95. The van der Waals surface area contributed by atoms with Gasteiger partial charge in [-0.2, -0.15) is 13.2 Å². The topological polar surface area (TPSA) is 12.9 Å². The first-order valence-electron chi connectivity index (χ1n) is 2.90. The van der Waals surface area contributed by atoms with Gasteiger partial charge in [0.2, 0.25) is 0 Å². The maximum absolute atomic E-state index is 12.1. The van der Waals surface area contributed by atoms with Crippen LogP contribution in [0.1, 0.15) is 5.56 Å². The smallest absolute Gasteiger partial charge is 0.242 e. The molecule has 1 heterocycles. The predicted octanol–water partition coefficient (Wildman–Crippen LogP) is 4.06. The van der Waals surface area contributed by atoms with Crippen LogP contribution in [-0.4, -0.2) is 4.98 Å². The second kappa shape index (κ2) is 3.52. The predicted molar refractivity (Wildman–Crippen MR) is 44.3 cm³/mol. The van der Waals surface area contributed by atoms with Crippen LogP contribution >= 0.6 is 34.8 Å². The molecule has 1 nitrogen and oxygen atoms in total. The Balaban J connectivity index is 3.35. The lowest BCUT2D eigenvalue weighted by Crippen LogP contribution is -2.06. The van der Waals surface area contributed by atoms with E-state index in [2.05, 4.69) is 4.98 Å². The van der Waals surface area contributed by atoms with Crippen LogP contribution in [-0.2, 0) is 6.18 Å². The summed E-state index contributed by atoms with van der Waals surface area (Å²) >= 11 is 16.0. The van der Waals surface area contributed by atoms with Crippen LogP contribution in [0, 0.1) is 0 Å². The molecule has 0 spiro atoms. The van der Waals surface area contributed by atoms with Crippen molar-refractivity contribution in [1.29, 1.82) is 0 Å². The van der Waals surface area contributed by atoms with Crippen molar-refractivity contribution in [3.63, 3.8) is 0 Å². The average molecular weight is 250 g/mol. The second-order valence-corrected chi connectivity index (χ2v) is 3.20. The highest BCUT2D eigenvalue weighted by Crippen LogP contribution is 2.39. The Morgan fingerprint density at radius 3 is 2.08 bits per heavy atom. The zero-order valence-electron chi connectivity index (χ0n) is 5.79. The van der Waals surface area contributed by atoms with E-state index in [1.807, 2.05) is 0 Å². The third-order valence-corrected chi connectivity index (χ3v) is 2.46. The summed E-state index contributed by atoms with van der Waals surface area (Å²) in [6.45, 7) is 0. The molecule has 0 saturated heterocycles. The van der Waals surface area contributed by atoms with Crippen molar-refractivity contribution in [1.82, 2.24) is 4.98 Å². The van der Waals surface area contributed by atoms with Gasteiger partial charge in [-0.25, -0.2) is 4.98 Å². The SMILES string of the molecule is FC(F)(F)c1cnc(Cl)c(Cl)c1Cl. The highest BCUT2D eigenvalue weighted by Gasteiger charge is 2.35. The van der Waals surface area contributed by atoms with Crippen molar-refractivity contribution < 1.29 is 13.2 Å². The Morgan fingerprint density at radius 2 is 1.62 bits per heavy atom. The maximum atomic E-state index is 12.1. The molecule has 0 aromatic carbocycles. The molecule has 0 radical (unpaired) electrons. The molecule has 1 aromatic rings. The van der Waals surface area contributed by atoms with Gasteiger partial charge >= 0.3 is 6.18 Å². The summed E-state index contributed by atoms with van der Waals surface area (Å²) in [7, 11) is 0. The van der Waals surface area contributed by atoms with E-state index in [4.69, 9.17) is 34.8 Å². The van der Waals surface area contributed by atoms with Crippen molar-refractivity contribution in [2.24, 2.45) is 0 Å². The Labute approximate surface area is 86.4 Å². The number of alkyl halides is 3. The molecule has 0 aliphatic rings. The van der Waals surface area contributed by atoms with Gasteiger partial charge in [0, 0.05) is 6.20 Å².